The number of aromatic amines is 1. The first-order chi connectivity index (χ1) is 13.7. The fourth-order valence-electron chi connectivity index (χ4n) is 3.16. The molecule has 0 spiro atoms. The summed E-state index contributed by atoms with van der Waals surface area (Å²) in [5, 5.41) is 6.00. The van der Waals surface area contributed by atoms with Crippen LogP contribution in [0.2, 0.25) is 0 Å². The number of pyridine rings is 1. The lowest BCUT2D eigenvalue weighted by Gasteiger charge is -2.13. The van der Waals surface area contributed by atoms with Crippen molar-refractivity contribution in [2.75, 3.05) is 30.9 Å². The van der Waals surface area contributed by atoms with E-state index in [9.17, 15) is 14.4 Å². The molecule has 0 atom stereocenters. The van der Waals surface area contributed by atoms with Crippen LogP contribution in [0.1, 0.15) is 21.5 Å². The number of anilines is 2. The number of nitrogens with one attached hydrogen (secondary N) is 3. The second-order valence-corrected chi connectivity index (χ2v) is 7.23. The molecule has 0 radical (unpaired) electrons. The Morgan fingerprint density at radius 2 is 1.72 bits per heavy atom. The van der Waals surface area contributed by atoms with E-state index in [1.807, 2.05) is 57.1 Å². The number of carbonyl (C=O) groups is 2. The number of fused-ring (bicyclic) bond motifs is 1. The molecule has 29 heavy (non-hydrogen) atoms. The smallest absolute Gasteiger partial charge is 0.261 e. The number of aromatic nitrogens is 1. The monoisotopic (exact) mass is 392 g/mol. The predicted octanol–water partition coefficient (Wildman–Crippen LogP) is 2.58. The number of amides is 2. The molecule has 0 bridgehead atoms. The molecule has 7 nitrogen and oxygen atoms in total. The second-order valence-electron chi connectivity index (χ2n) is 7.23. The van der Waals surface area contributed by atoms with Crippen molar-refractivity contribution in [2.45, 2.75) is 13.8 Å². The molecular formula is C22H24N4O3. The van der Waals surface area contributed by atoms with Crippen LogP contribution in [-0.4, -0.2) is 37.4 Å². The summed E-state index contributed by atoms with van der Waals surface area (Å²) in [5.74, 6) is -0.967. The number of rotatable bonds is 5. The fraction of sp³-hybridized carbons (Fsp3) is 0.227. The number of hydrogen-bond donors (Lipinski definition) is 3. The summed E-state index contributed by atoms with van der Waals surface area (Å²) < 4.78 is 0. The average Bonchev–Trinajstić information content (AvgIpc) is 2.66. The van der Waals surface area contributed by atoms with Gasteiger partial charge in [-0.3, -0.25) is 14.4 Å². The first kappa shape index (κ1) is 20.1. The van der Waals surface area contributed by atoms with Crippen LogP contribution in [0, 0.1) is 13.8 Å². The predicted molar refractivity (Wildman–Crippen MR) is 116 cm³/mol. The van der Waals surface area contributed by atoms with Crippen molar-refractivity contribution in [3.05, 3.63) is 69.5 Å². The van der Waals surface area contributed by atoms with Crippen LogP contribution in [0.25, 0.3) is 10.9 Å². The maximum Gasteiger partial charge on any atom is 0.261 e. The minimum Gasteiger partial charge on any atom is -0.378 e. The van der Waals surface area contributed by atoms with Gasteiger partial charge in [-0.05, 0) is 61.2 Å². The van der Waals surface area contributed by atoms with Crippen molar-refractivity contribution in [1.82, 2.24) is 10.3 Å². The fourth-order valence-corrected chi connectivity index (χ4v) is 3.16. The van der Waals surface area contributed by atoms with Crippen LogP contribution in [0.4, 0.5) is 11.4 Å². The van der Waals surface area contributed by atoms with E-state index in [1.165, 1.54) is 0 Å². The van der Waals surface area contributed by atoms with Crippen LogP contribution in [-0.2, 0) is 4.79 Å². The molecule has 2 aromatic carbocycles. The molecule has 0 saturated heterocycles. The van der Waals surface area contributed by atoms with Crippen molar-refractivity contribution in [3.8, 4) is 0 Å². The third kappa shape index (κ3) is 4.63. The van der Waals surface area contributed by atoms with E-state index < -0.39 is 11.5 Å². The lowest BCUT2D eigenvalue weighted by Crippen LogP contribution is -2.35. The number of carbonyl (C=O) groups excluding carboxylic acids is 2. The van der Waals surface area contributed by atoms with E-state index >= 15 is 0 Å². The minimum absolute atomic E-state index is 0.0226. The zero-order valence-corrected chi connectivity index (χ0v) is 16.9. The topological polar surface area (TPSA) is 94.3 Å². The Bertz CT molecular complexity index is 1130. The molecule has 150 valence electrons. The van der Waals surface area contributed by atoms with E-state index in [4.69, 9.17) is 0 Å². The first-order valence-corrected chi connectivity index (χ1v) is 9.24. The van der Waals surface area contributed by atoms with Gasteiger partial charge in [0.25, 0.3) is 11.5 Å². The summed E-state index contributed by atoms with van der Waals surface area (Å²) in [7, 11) is 3.86. The summed E-state index contributed by atoms with van der Waals surface area (Å²) in [6.45, 7) is 3.62. The van der Waals surface area contributed by atoms with Gasteiger partial charge in [0.05, 0.1) is 12.1 Å². The van der Waals surface area contributed by atoms with Crippen LogP contribution in [0.3, 0.4) is 0 Å². The molecule has 0 fully saturated rings. The first-order valence-electron chi connectivity index (χ1n) is 9.24. The molecular weight excluding hydrogens is 368 g/mol. The van der Waals surface area contributed by atoms with E-state index in [1.54, 1.807) is 18.2 Å². The van der Waals surface area contributed by atoms with Crippen LogP contribution < -0.4 is 21.1 Å². The minimum atomic E-state index is -0.592. The molecule has 7 heteroatoms. The summed E-state index contributed by atoms with van der Waals surface area (Å²) in [6.07, 6.45) is 0. The maximum atomic E-state index is 12.4. The zero-order valence-electron chi connectivity index (χ0n) is 16.9. The Balaban J connectivity index is 1.68. The van der Waals surface area contributed by atoms with E-state index in [2.05, 4.69) is 15.6 Å². The highest BCUT2D eigenvalue weighted by Crippen LogP contribution is 2.18. The SMILES string of the molecule is Cc1cc(C)c2[nH]c(=O)c(C(=O)NCC(=O)Nc3ccc(N(C)C)cc3)cc2c1. The Labute approximate surface area is 168 Å². The van der Waals surface area contributed by atoms with Crippen molar-refractivity contribution >= 4 is 34.1 Å². The van der Waals surface area contributed by atoms with Crippen molar-refractivity contribution in [1.29, 1.82) is 0 Å². The van der Waals surface area contributed by atoms with Gasteiger partial charge in [-0.2, -0.15) is 0 Å². The quantitative estimate of drug-likeness (QED) is 0.622. The molecule has 2 amide bonds. The molecule has 0 unspecified atom stereocenters. The largest absolute Gasteiger partial charge is 0.378 e. The van der Waals surface area contributed by atoms with Gasteiger partial charge in [0.1, 0.15) is 5.56 Å². The van der Waals surface area contributed by atoms with Gasteiger partial charge in [0.2, 0.25) is 5.91 Å². The van der Waals surface area contributed by atoms with E-state index in [0.717, 1.165) is 22.2 Å². The number of aryl methyl sites for hydroxylation is 2. The molecule has 3 aromatic rings. The van der Waals surface area contributed by atoms with Crippen LogP contribution in [0.15, 0.2) is 47.3 Å². The van der Waals surface area contributed by atoms with Gasteiger partial charge in [0.15, 0.2) is 0 Å². The molecule has 0 aliphatic heterocycles. The Kier molecular flexibility index (Phi) is 5.68. The standard InChI is InChI=1S/C22H24N4O3/c1-13-9-14(2)20-15(10-13)11-18(22(29)25-20)21(28)23-12-19(27)24-16-5-7-17(8-6-16)26(3)4/h5-11H,12H2,1-4H3,(H,23,28)(H,24,27)(H,25,29). The van der Waals surface area contributed by atoms with Crippen LogP contribution in [0.5, 0.6) is 0 Å². The normalized spacial score (nSPS) is 10.6. The molecule has 0 saturated carbocycles. The van der Waals surface area contributed by atoms with Gasteiger partial charge in [-0.1, -0.05) is 11.6 Å². The van der Waals surface area contributed by atoms with E-state index in [-0.39, 0.29) is 18.0 Å². The number of benzene rings is 2. The Hall–Kier alpha value is -3.61. The maximum absolute atomic E-state index is 12.4. The van der Waals surface area contributed by atoms with Crippen molar-refractivity contribution in [2.24, 2.45) is 0 Å². The number of nitrogens with zero attached hydrogens (tertiary/aromatic N) is 1. The third-order valence-corrected chi connectivity index (χ3v) is 4.61. The summed E-state index contributed by atoms with van der Waals surface area (Å²) in [6, 6.07) is 12.8. The van der Waals surface area contributed by atoms with Gasteiger partial charge < -0.3 is 20.5 Å². The molecule has 3 N–H and O–H groups in total. The van der Waals surface area contributed by atoms with Gasteiger partial charge in [-0.15, -0.1) is 0 Å². The highest BCUT2D eigenvalue weighted by atomic mass is 16.2. The second kappa shape index (κ2) is 8.18. The van der Waals surface area contributed by atoms with Gasteiger partial charge >= 0.3 is 0 Å². The third-order valence-electron chi connectivity index (χ3n) is 4.61. The summed E-state index contributed by atoms with van der Waals surface area (Å²) in [4.78, 5) is 41.6. The Morgan fingerprint density at radius 1 is 1.03 bits per heavy atom. The van der Waals surface area contributed by atoms with Crippen molar-refractivity contribution < 1.29 is 9.59 Å². The van der Waals surface area contributed by atoms with Gasteiger partial charge in [-0.25, -0.2) is 0 Å². The molecule has 3 rings (SSSR count). The molecule has 1 heterocycles. The lowest BCUT2D eigenvalue weighted by atomic mass is 10.1. The van der Waals surface area contributed by atoms with Crippen molar-refractivity contribution in [3.63, 3.8) is 0 Å². The lowest BCUT2D eigenvalue weighted by molar-refractivity contribution is -0.115. The number of hydrogen-bond acceptors (Lipinski definition) is 4. The summed E-state index contributed by atoms with van der Waals surface area (Å²) in [5.41, 5.74) is 3.81. The molecule has 0 aliphatic carbocycles. The highest BCUT2D eigenvalue weighted by Gasteiger charge is 2.14. The number of H-pyrrole nitrogens is 1. The summed E-state index contributed by atoms with van der Waals surface area (Å²) >= 11 is 0. The van der Waals surface area contributed by atoms with Gasteiger partial charge in [0, 0.05) is 25.5 Å². The highest BCUT2D eigenvalue weighted by molar-refractivity contribution is 6.01. The van der Waals surface area contributed by atoms with E-state index in [0.29, 0.717) is 11.2 Å². The molecule has 0 aliphatic rings. The zero-order chi connectivity index (χ0) is 21.1. The van der Waals surface area contributed by atoms with Crippen LogP contribution >= 0.6 is 0 Å². The average molecular weight is 392 g/mol. The molecule has 1 aromatic heterocycles. The Morgan fingerprint density at radius 3 is 2.38 bits per heavy atom.